The highest BCUT2D eigenvalue weighted by Crippen LogP contribution is 2.39. The molecule has 2 aliphatic heterocycles. The SMILES string of the molecule is CCCCCCCCCCN(CCCCCCCCCC)C(=O)CCCCCCCN1CCC1(CCCCCCCC(=O)N(CCCCCCCCCC)CCCCCCCCCC)CCN1CCCC1. The molecule has 0 aromatic carbocycles. The normalized spacial score (nSPS) is 16.3. The fourth-order valence-electron chi connectivity index (χ4n) is 12.2. The monoisotopic (exact) mass is 997 g/mol. The Morgan fingerprint density at radius 3 is 0.986 bits per heavy atom. The van der Waals surface area contributed by atoms with Crippen LogP contribution in [0.2, 0.25) is 0 Å². The molecule has 420 valence electrons. The van der Waals surface area contributed by atoms with Gasteiger partial charge in [-0.05, 0) is 103 Å². The maximum Gasteiger partial charge on any atom is 0.222 e. The number of amides is 2. The molecule has 0 saturated carbocycles. The quantitative estimate of drug-likeness (QED) is 0.0570. The first-order valence-corrected chi connectivity index (χ1v) is 33.0. The molecule has 0 bridgehead atoms. The molecule has 6 heteroatoms. The third-order valence-electron chi connectivity index (χ3n) is 17.3. The van der Waals surface area contributed by atoms with Crippen LogP contribution in [0, 0.1) is 0 Å². The average molecular weight is 998 g/mol. The van der Waals surface area contributed by atoms with Crippen molar-refractivity contribution in [1.29, 1.82) is 0 Å². The molecular weight excluding hydrogens is 869 g/mol. The lowest BCUT2D eigenvalue weighted by Gasteiger charge is -2.54. The minimum atomic E-state index is 0.421. The number of rotatable bonds is 55. The summed E-state index contributed by atoms with van der Waals surface area (Å²) in [4.78, 5) is 37.3. The van der Waals surface area contributed by atoms with Crippen LogP contribution in [0.3, 0.4) is 0 Å². The Hall–Kier alpha value is -1.14. The van der Waals surface area contributed by atoms with Gasteiger partial charge >= 0.3 is 0 Å². The summed E-state index contributed by atoms with van der Waals surface area (Å²) < 4.78 is 0. The summed E-state index contributed by atoms with van der Waals surface area (Å²) in [6.45, 7) is 19.6. The van der Waals surface area contributed by atoms with E-state index in [9.17, 15) is 9.59 Å². The molecule has 6 nitrogen and oxygen atoms in total. The Balaban J connectivity index is 1.72. The summed E-state index contributed by atoms with van der Waals surface area (Å²) in [7, 11) is 0. The molecule has 2 rings (SSSR count). The smallest absolute Gasteiger partial charge is 0.222 e. The van der Waals surface area contributed by atoms with Gasteiger partial charge in [-0.1, -0.05) is 252 Å². The number of likely N-dealkylation sites (tertiary alicyclic amines) is 2. The molecule has 1 unspecified atom stereocenters. The molecule has 1 atom stereocenters. The van der Waals surface area contributed by atoms with Gasteiger partial charge in [0.15, 0.2) is 0 Å². The Bertz CT molecular complexity index is 1120. The number of unbranched alkanes of at least 4 members (excludes halogenated alkanes) is 36. The van der Waals surface area contributed by atoms with Gasteiger partial charge in [-0.15, -0.1) is 0 Å². The summed E-state index contributed by atoms with van der Waals surface area (Å²) in [6.07, 6.45) is 63.4. The topological polar surface area (TPSA) is 47.1 Å². The number of carbonyl (C=O) groups excluding carboxylic acids is 2. The third kappa shape index (κ3) is 35.7. The van der Waals surface area contributed by atoms with E-state index in [0.717, 1.165) is 51.9 Å². The Morgan fingerprint density at radius 2 is 0.648 bits per heavy atom. The van der Waals surface area contributed by atoms with Crippen LogP contribution in [0.5, 0.6) is 0 Å². The van der Waals surface area contributed by atoms with E-state index in [0.29, 0.717) is 17.4 Å². The van der Waals surface area contributed by atoms with Crippen LogP contribution in [0.25, 0.3) is 0 Å². The molecule has 0 N–H and O–H groups in total. The van der Waals surface area contributed by atoms with Crippen molar-refractivity contribution in [3.05, 3.63) is 0 Å². The van der Waals surface area contributed by atoms with Crippen LogP contribution >= 0.6 is 0 Å². The summed E-state index contributed by atoms with van der Waals surface area (Å²) in [5.41, 5.74) is 0.421. The van der Waals surface area contributed by atoms with Crippen molar-refractivity contribution in [2.24, 2.45) is 0 Å². The predicted molar refractivity (Wildman–Crippen MR) is 313 cm³/mol. The molecule has 2 aliphatic rings. The van der Waals surface area contributed by atoms with Crippen molar-refractivity contribution in [3.63, 3.8) is 0 Å². The molecule has 2 amide bonds. The van der Waals surface area contributed by atoms with Crippen LogP contribution in [-0.2, 0) is 9.59 Å². The van der Waals surface area contributed by atoms with Gasteiger partial charge in [-0.3, -0.25) is 14.5 Å². The summed E-state index contributed by atoms with van der Waals surface area (Å²) in [5.74, 6) is 0.878. The first kappa shape index (κ1) is 66.0. The Kier molecular flexibility index (Phi) is 45.1. The summed E-state index contributed by atoms with van der Waals surface area (Å²) in [5, 5.41) is 0. The lowest BCUT2D eigenvalue weighted by molar-refractivity contribution is -0.132. The van der Waals surface area contributed by atoms with Gasteiger partial charge in [0, 0.05) is 51.1 Å². The molecule has 0 spiro atoms. The fourth-order valence-corrected chi connectivity index (χ4v) is 12.2. The van der Waals surface area contributed by atoms with E-state index >= 15 is 0 Å². The van der Waals surface area contributed by atoms with Crippen LogP contribution in [0.1, 0.15) is 342 Å². The summed E-state index contributed by atoms with van der Waals surface area (Å²) in [6, 6.07) is 0. The van der Waals surface area contributed by atoms with Gasteiger partial charge in [0.25, 0.3) is 0 Å². The first-order chi connectivity index (χ1) is 35.0. The molecular formula is C65H128N4O2. The van der Waals surface area contributed by atoms with E-state index in [1.165, 1.54) is 322 Å². The van der Waals surface area contributed by atoms with Crippen LogP contribution in [0.4, 0.5) is 0 Å². The van der Waals surface area contributed by atoms with Crippen LogP contribution in [-0.4, -0.2) is 95.9 Å². The predicted octanol–water partition coefficient (Wildman–Crippen LogP) is 19.2. The molecule has 0 aliphatic carbocycles. The first-order valence-electron chi connectivity index (χ1n) is 33.0. The van der Waals surface area contributed by atoms with E-state index in [2.05, 4.69) is 47.3 Å². The molecule has 2 fully saturated rings. The second-order valence-corrected chi connectivity index (χ2v) is 23.7. The van der Waals surface area contributed by atoms with Gasteiger partial charge in [-0.2, -0.15) is 0 Å². The van der Waals surface area contributed by atoms with Crippen molar-refractivity contribution < 1.29 is 9.59 Å². The fraction of sp³-hybridized carbons (Fsp3) is 0.969. The number of hydrogen-bond donors (Lipinski definition) is 0. The van der Waals surface area contributed by atoms with Gasteiger partial charge in [0.1, 0.15) is 0 Å². The Morgan fingerprint density at radius 1 is 0.338 bits per heavy atom. The lowest BCUT2D eigenvalue weighted by atomic mass is 9.76. The average Bonchev–Trinajstić information content (AvgIpc) is 3.90. The zero-order valence-electron chi connectivity index (χ0n) is 49.1. The molecule has 0 radical (unpaired) electrons. The van der Waals surface area contributed by atoms with E-state index in [-0.39, 0.29) is 0 Å². The minimum Gasteiger partial charge on any atom is -0.343 e. The third-order valence-corrected chi connectivity index (χ3v) is 17.3. The Labute approximate surface area is 445 Å². The second-order valence-electron chi connectivity index (χ2n) is 23.7. The van der Waals surface area contributed by atoms with Crippen LogP contribution < -0.4 is 0 Å². The van der Waals surface area contributed by atoms with Gasteiger partial charge in [-0.25, -0.2) is 0 Å². The number of carbonyl (C=O) groups is 2. The second kappa shape index (κ2) is 48.5. The number of hydrogen-bond acceptors (Lipinski definition) is 4. The highest BCUT2D eigenvalue weighted by Gasteiger charge is 2.43. The van der Waals surface area contributed by atoms with Gasteiger partial charge in [0.2, 0.25) is 11.8 Å². The van der Waals surface area contributed by atoms with Crippen LogP contribution in [0.15, 0.2) is 0 Å². The molecule has 2 heterocycles. The van der Waals surface area contributed by atoms with E-state index in [1.807, 2.05) is 0 Å². The minimum absolute atomic E-state index is 0.421. The van der Waals surface area contributed by atoms with E-state index in [1.54, 1.807) is 0 Å². The van der Waals surface area contributed by atoms with Crippen molar-refractivity contribution in [1.82, 2.24) is 19.6 Å². The standard InChI is InChI=1S/C65H128N4O2/c1-5-9-13-17-21-25-34-42-56-67(57-43-35-26-22-18-14-10-6-2)63(70)49-39-31-29-33-41-51-65(52-61-66-54-47-48-55-66)53-62-69(65)60-46-38-30-32-40-50-64(71)68(58-44-36-27-23-19-15-11-7-3)59-45-37-28-24-20-16-12-8-4/h5-62H2,1-4H3. The van der Waals surface area contributed by atoms with Gasteiger partial charge < -0.3 is 14.7 Å². The highest BCUT2D eigenvalue weighted by atomic mass is 16.2. The van der Waals surface area contributed by atoms with Crippen molar-refractivity contribution in [2.45, 2.75) is 348 Å². The molecule has 0 aromatic rings. The molecule has 0 aromatic heterocycles. The van der Waals surface area contributed by atoms with E-state index < -0.39 is 0 Å². The highest BCUT2D eigenvalue weighted by molar-refractivity contribution is 5.76. The molecule has 71 heavy (non-hydrogen) atoms. The van der Waals surface area contributed by atoms with Crippen molar-refractivity contribution in [2.75, 3.05) is 58.9 Å². The zero-order valence-corrected chi connectivity index (χ0v) is 49.1. The maximum absolute atomic E-state index is 13.6. The lowest BCUT2D eigenvalue weighted by Crippen LogP contribution is -2.60. The number of nitrogens with zero attached hydrogens (tertiary/aromatic N) is 4. The van der Waals surface area contributed by atoms with E-state index in [4.69, 9.17) is 0 Å². The largest absolute Gasteiger partial charge is 0.343 e. The maximum atomic E-state index is 13.6. The molecule has 2 saturated heterocycles. The summed E-state index contributed by atoms with van der Waals surface area (Å²) >= 11 is 0. The zero-order chi connectivity index (χ0) is 51.0. The van der Waals surface area contributed by atoms with Gasteiger partial charge in [0.05, 0.1) is 0 Å². The van der Waals surface area contributed by atoms with Crippen molar-refractivity contribution >= 4 is 11.8 Å². The van der Waals surface area contributed by atoms with Crippen molar-refractivity contribution in [3.8, 4) is 0 Å².